The molecule has 0 aliphatic rings. The average Bonchev–Trinajstić information content (AvgIpc) is 2.20. The van der Waals surface area contributed by atoms with Gasteiger partial charge in [-0.1, -0.05) is 57.8 Å². The highest BCUT2D eigenvalue weighted by atomic mass is 28.3. The van der Waals surface area contributed by atoms with Crippen LogP contribution in [0.2, 0.25) is 44.3 Å². The summed E-state index contributed by atoms with van der Waals surface area (Å²) in [6.07, 6.45) is 5.74. The van der Waals surface area contributed by atoms with Gasteiger partial charge in [0.1, 0.15) is 9.76 Å². The zero-order chi connectivity index (χ0) is 12.4. The van der Waals surface area contributed by atoms with Crippen molar-refractivity contribution < 1.29 is 4.12 Å². The molecule has 0 bridgehead atoms. The molecule has 98 valence electrons. The van der Waals surface area contributed by atoms with Gasteiger partial charge >= 0.3 is 0 Å². The minimum absolute atomic E-state index is 0.139. The van der Waals surface area contributed by atoms with Crippen molar-refractivity contribution in [3.63, 3.8) is 0 Å². The number of hydrogen-bond acceptors (Lipinski definition) is 1. The zero-order valence-electron chi connectivity index (χ0n) is 12.1. The highest BCUT2D eigenvalue weighted by molar-refractivity contribution is 6.77. The summed E-state index contributed by atoms with van der Waals surface area (Å²) in [5, 5.41) is 0. The van der Waals surface area contributed by atoms with E-state index in [1.54, 1.807) is 6.04 Å². The first kappa shape index (κ1) is 16.6. The van der Waals surface area contributed by atoms with E-state index in [-0.39, 0.29) is 9.76 Å². The lowest BCUT2D eigenvalue weighted by molar-refractivity contribution is 0.614. The minimum Gasteiger partial charge on any atom is -0.463 e. The molecule has 4 heteroatoms. The van der Waals surface area contributed by atoms with Gasteiger partial charge in [0.05, 0.1) is 0 Å². The van der Waals surface area contributed by atoms with Crippen LogP contribution in [0.25, 0.3) is 0 Å². The lowest BCUT2D eigenvalue weighted by Gasteiger charge is -2.21. The standard InChI is InChI=1S/C12H32OSi3/c1-6-7-11-16(4,5)12-9-8-10-14-13-15(2)3/h15H,6-12,14H2,1-5H3. The van der Waals surface area contributed by atoms with Crippen molar-refractivity contribution in [1.82, 2.24) is 0 Å². The lowest BCUT2D eigenvalue weighted by Crippen LogP contribution is -2.24. The summed E-state index contributed by atoms with van der Waals surface area (Å²) in [4.78, 5) is 0. The monoisotopic (exact) mass is 276 g/mol. The molecule has 0 spiro atoms. The Balaban J connectivity index is 3.35. The molecular weight excluding hydrogens is 244 g/mol. The highest BCUT2D eigenvalue weighted by Gasteiger charge is 2.18. The summed E-state index contributed by atoms with van der Waals surface area (Å²) in [7, 11) is -1.66. The van der Waals surface area contributed by atoms with Gasteiger partial charge in [-0.3, -0.25) is 0 Å². The van der Waals surface area contributed by atoms with Crippen molar-refractivity contribution in [2.75, 3.05) is 0 Å². The van der Waals surface area contributed by atoms with Crippen LogP contribution in [0.15, 0.2) is 0 Å². The van der Waals surface area contributed by atoms with Gasteiger partial charge in [0.15, 0.2) is 9.04 Å². The Kier molecular flexibility index (Phi) is 9.99. The third-order valence-electron chi connectivity index (χ3n) is 3.16. The first-order chi connectivity index (χ1) is 7.48. The number of hydrogen-bond donors (Lipinski definition) is 0. The van der Waals surface area contributed by atoms with Crippen LogP contribution in [0.3, 0.4) is 0 Å². The fraction of sp³-hybridized carbons (Fsp3) is 1.00. The van der Waals surface area contributed by atoms with Gasteiger partial charge in [-0.05, 0) is 19.1 Å². The molecule has 0 heterocycles. The van der Waals surface area contributed by atoms with Crippen LogP contribution in [-0.2, 0) is 4.12 Å². The van der Waals surface area contributed by atoms with Gasteiger partial charge in [0, 0.05) is 8.07 Å². The van der Waals surface area contributed by atoms with Crippen molar-refractivity contribution in [2.45, 2.75) is 76.9 Å². The molecule has 0 unspecified atom stereocenters. The molecule has 0 saturated carbocycles. The molecule has 0 aliphatic heterocycles. The van der Waals surface area contributed by atoms with Crippen LogP contribution in [-0.4, -0.2) is 26.9 Å². The molecule has 0 fully saturated rings. The average molecular weight is 277 g/mol. The van der Waals surface area contributed by atoms with Crippen molar-refractivity contribution in [3.8, 4) is 0 Å². The number of rotatable bonds is 10. The van der Waals surface area contributed by atoms with E-state index in [1.165, 1.54) is 37.8 Å². The highest BCUT2D eigenvalue weighted by Crippen LogP contribution is 2.21. The maximum absolute atomic E-state index is 5.83. The summed E-state index contributed by atoms with van der Waals surface area (Å²) in [5.41, 5.74) is 0. The lowest BCUT2D eigenvalue weighted by atomic mass is 10.4. The van der Waals surface area contributed by atoms with Crippen LogP contribution < -0.4 is 0 Å². The van der Waals surface area contributed by atoms with Gasteiger partial charge in [-0.25, -0.2) is 0 Å². The van der Waals surface area contributed by atoms with E-state index in [0.717, 1.165) is 0 Å². The van der Waals surface area contributed by atoms with E-state index >= 15 is 0 Å². The van der Waals surface area contributed by atoms with Crippen LogP contribution in [0.1, 0.15) is 32.6 Å². The summed E-state index contributed by atoms with van der Waals surface area (Å²) in [6.45, 7) is 12.0. The Hall–Kier alpha value is 0.611. The van der Waals surface area contributed by atoms with Crippen molar-refractivity contribution >= 4 is 26.9 Å². The fourth-order valence-corrected chi connectivity index (χ4v) is 7.86. The van der Waals surface area contributed by atoms with Crippen LogP contribution in [0.4, 0.5) is 0 Å². The molecule has 0 rings (SSSR count). The van der Waals surface area contributed by atoms with E-state index < -0.39 is 17.1 Å². The van der Waals surface area contributed by atoms with Gasteiger partial charge < -0.3 is 4.12 Å². The zero-order valence-corrected chi connectivity index (χ0v) is 15.7. The molecule has 0 aromatic rings. The molecule has 0 saturated heterocycles. The van der Waals surface area contributed by atoms with E-state index in [0.29, 0.717) is 0 Å². The largest absolute Gasteiger partial charge is 0.463 e. The Bertz CT molecular complexity index is 160. The second kappa shape index (κ2) is 9.62. The molecular formula is C12H32OSi3. The Morgan fingerprint density at radius 1 is 1.06 bits per heavy atom. The second-order valence-electron chi connectivity index (χ2n) is 6.00. The smallest absolute Gasteiger partial charge is 0.156 e. The Labute approximate surface area is 108 Å². The maximum atomic E-state index is 5.83. The molecule has 1 nitrogen and oxygen atoms in total. The molecule has 0 atom stereocenters. The third-order valence-corrected chi connectivity index (χ3v) is 11.0. The summed E-state index contributed by atoms with van der Waals surface area (Å²) >= 11 is 0. The predicted octanol–water partition coefficient (Wildman–Crippen LogP) is 3.78. The van der Waals surface area contributed by atoms with Crippen LogP contribution in [0, 0.1) is 0 Å². The van der Waals surface area contributed by atoms with Gasteiger partial charge in [-0.2, -0.15) is 0 Å². The molecule has 0 amide bonds. The Morgan fingerprint density at radius 2 is 1.69 bits per heavy atom. The van der Waals surface area contributed by atoms with E-state index in [9.17, 15) is 0 Å². The van der Waals surface area contributed by atoms with E-state index in [4.69, 9.17) is 4.12 Å². The first-order valence-electron chi connectivity index (χ1n) is 7.09. The van der Waals surface area contributed by atoms with E-state index in [1.807, 2.05) is 0 Å². The van der Waals surface area contributed by atoms with Crippen molar-refractivity contribution in [2.24, 2.45) is 0 Å². The summed E-state index contributed by atoms with van der Waals surface area (Å²) in [6, 6.07) is 4.50. The topological polar surface area (TPSA) is 9.23 Å². The Morgan fingerprint density at radius 3 is 2.25 bits per heavy atom. The normalized spacial score (nSPS) is 13.1. The van der Waals surface area contributed by atoms with Gasteiger partial charge in [0.25, 0.3) is 0 Å². The second-order valence-corrected chi connectivity index (χ2v) is 15.9. The maximum Gasteiger partial charge on any atom is 0.156 e. The third kappa shape index (κ3) is 11.1. The summed E-state index contributed by atoms with van der Waals surface area (Å²) in [5.74, 6) is 0. The molecule has 0 N–H and O–H groups in total. The number of unbranched alkanes of at least 4 members (excludes halogenated alkanes) is 2. The van der Waals surface area contributed by atoms with Gasteiger partial charge in [0.2, 0.25) is 0 Å². The quantitative estimate of drug-likeness (QED) is 0.436. The molecule has 0 aromatic heterocycles. The first-order valence-corrected chi connectivity index (χ1v) is 14.9. The van der Waals surface area contributed by atoms with Gasteiger partial charge in [-0.15, -0.1) is 0 Å². The molecule has 0 radical (unpaired) electrons. The van der Waals surface area contributed by atoms with Crippen molar-refractivity contribution in [1.29, 1.82) is 0 Å². The van der Waals surface area contributed by atoms with E-state index in [2.05, 4.69) is 33.1 Å². The van der Waals surface area contributed by atoms with Crippen LogP contribution >= 0.6 is 0 Å². The van der Waals surface area contributed by atoms with Crippen LogP contribution in [0.5, 0.6) is 0 Å². The molecule has 16 heavy (non-hydrogen) atoms. The predicted molar refractivity (Wildman–Crippen MR) is 84.6 cm³/mol. The summed E-state index contributed by atoms with van der Waals surface area (Å²) < 4.78 is 5.83. The molecule has 0 aliphatic carbocycles. The molecule has 0 aromatic carbocycles. The van der Waals surface area contributed by atoms with Crippen molar-refractivity contribution in [3.05, 3.63) is 0 Å². The fourth-order valence-electron chi connectivity index (χ4n) is 1.98. The SMILES string of the molecule is CCCC[Si](C)(C)CCCC[SiH2]O[SiH](C)C. The minimum atomic E-state index is -0.823.